The van der Waals surface area contributed by atoms with Gasteiger partial charge in [-0.1, -0.05) is 0 Å². The number of ether oxygens (including phenoxy) is 1. The minimum absolute atomic E-state index is 0.774. The molecular weight excluding hydrogens is 240 g/mol. The van der Waals surface area contributed by atoms with E-state index in [0.29, 0.717) is 0 Å². The van der Waals surface area contributed by atoms with Gasteiger partial charge in [-0.05, 0) is 36.6 Å². The normalized spacial score (nSPS) is 13.3. The molecule has 0 atom stereocenters. The molecule has 2 heterocycles. The first-order valence-corrected chi connectivity index (χ1v) is 6.38. The Labute approximate surface area is 112 Å². The van der Waals surface area contributed by atoms with Crippen LogP contribution in [-0.2, 0) is 6.42 Å². The molecule has 5 heteroatoms. The number of benzene rings is 1. The van der Waals surface area contributed by atoms with Crippen molar-refractivity contribution < 1.29 is 4.74 Å². The van der Waals surface area contributed by atoms with Gasteiger partial charge in [0.05, 0.1) is 6.61 Å². The van der Waals surface area contributed by atoms with Crippen LogP contribution in [0.3, 0.4) is 0 Å². The minimum Gasteiger partial charge on any atom is -0.493 e. The van der Waals surface area contributed by atoms with E-state index < -0.39 is 0 Å². The molecule has 1 aliphatic heterocycles. The van der Waals surface area contributed by atoms with E-state index in [2.05, 4.69) is 26.7 Å². The molecule has 98 valence electrons. The van der Waals surface area contributed by atoms with Crippen molar-refractivity contribution in [2.45, 2.75) is 12.8 Å². The lowest BCUT2D eigenvalue weighted by atomic mass is 10.1. The van der Waals surface area contributed by atoms with E-state index in [1.165, 1.54) is 11.9 Å². The number of aromatic nitrogens is 2. The molecule has 2 N–H and O–H groups in total. The van der Waals surface area contributed by atoms with Crippen molar-refractivity contribution in [3.05, 3.63) is 36.2 Å². The van der Waals surface area contributed by atoms with Crippen LogP contribution in [0.4, 0.5) is 17.3 Å². The van der Waals surface area contributed by atoms with Crippen molar-refractivity contribution in [1.82, 2.24) is 9.97 Å². The molecule has 0 unspecified atom stereocenters. The van der Waals surface area contributed by atoms with Crippen LogP contribution >= 0.6 is 0 Å². The van der Waals surface area contributed by atoms with Crippen LogP contribution in [0.25, 0.3) is 0 Å². The molecule has 2 aromatic rings. The fraction of sp³-hybridized carbons (Fsp3) is 0.286. The molecule has 0 bridgehead atoms. The number of nitrogens with zero attached hydrogens (tertiary/aromatic N) is 2. The number of aryl methyl sites for hydroxylation is 1. The number of hydrogen-bond donors (Lipinski definition) is 2. The van der Waals surface area contributed by atoms with Crippen LogP contribution in [0.15, 0.2) is 30.6 Å². The first-order chi connectivity index (χ1) is 9.35. The summed E-state index contributed by atoms with van der Waals surface area (Å²) in [7, 11) is 1.84. The molecule has 0 spiro atoms. The maximum Gasteiger partial charge on any atom is 0.135 e. The molecule has 0 radical (unpaired) electrons. The van der Waals surface area contributed by atoms with Gasteiger partial charge < -0.3 is 15.4 Å². The molecule has 1 aromatic carbocycles. The van der Waals surface area contributed by atoms with Gasteiger partial charge in [0.15, 0.2) is 0 Å². The predicted molar refractivity (Wildman–Crippen MR) is 75.1 cm³/mol. The summed E-state index contributed by atoms with van der Waals surface area (Å²) in [6.07, 6.45) is 3.68. The molecule has 0 fully saturated rings. The van der Waals surface area contributed by atoms with E-state index in [0.717, 1.165) is 42.5 Å². The van der Waals surface area contributed by atoms with Gasteiger partial charge in [0.25, 0.3) is 0 Å². The largest absolute Gasteiger partial charge is 0.493 e. The number of rotatable bonds is 3. The van der Waals surface area contributed by atoms with Crippen molar-refractivity contribution in [2.75, 3.05) is 24.3 Å². The van der Waals surface area contributed by atoms with Gasteiger partial charge in [-0.25, -0.2) is 9.97 Å². The van der Waals surface area contributed by atoms with Gasteiger partial charge in [-0.3, -0.25) is 0 Å². The number of hydrogen-bond acceptors (Lipinski definition) is 5. The van der Waals surface area contributed by atoms with Crippen molar-refractivity contribution in [3.63, 3.8) is 0 Å². The molecule has 0 saturated carbocycles. The zero-order chi connectivity index (χ0) is 13.1. The standard InChI is InChI=1S/C14H16N4O/c1-15-13-8-14(17-9-16-13)18-11-4-5-12-10(7-11)3-2-6-19-12/h4-5,7-9H,2-3,6H2,1H3,(H2,15,16,17,18). The number of anilines is 3. The van der Waals surface area contributed by atoms with Gasteiger partial charge in [0.1, 0.15) is 23.7 Å². The molecule has 0 saturated heterocycles. The molecule has 19 heavy (non-hydrogen) atoms. The predicted octanol–water partition coefficient (Wildman–Crippen LogP) is 2.59. The van der Waals surface area contributed by atoms with Crippen LogP contribution in [0.5, 0.6) is 5.75 Å². The molecule has 0 amide bonds. The Bertz CT molecular complexity index is 585. The summed E-state index contributed by atoms with van der Waals surface area (Å²) in [6.45, 7) is 0.817. The maximum atomic E-state index is 5.60. The summed E-state index contributed by atoms with van der Waals surface area (Å²) in [4.78, 5) is 8.29. The summed E-state index contributed by atoms with van der Waals surface area (Å²) in [6, 6.07) is 8.01. The second kappa shape index (κ2) is 5.14. The lowest BCUT2D eigenvalue weighted by Crippen LogP contribution is -2.08. The average molecular weight is 256 g/mol. The molecule has 1 aliphatic rings. The van der Waals surface area contributed by atoms with Gasteiger partial charge >= 0.3 is 0 Å². The summed E-state index contributed by atoms with van der Waals surface area (Å²) in [5.74, 6) is 2.56. The smallest absolute Gasteiger partial charge is 0.135 e. The Kier molecular flexibility index (Phi) is 3.18. The third-order valence-corrected chi connectivity index (χ3v) is 3.10. The van der Waals surface area contributed by atoms with Gasteiger partial charge in [-0.2, -0.15) is 0 Å². The van der Waals surface area contributed by atoms with Crippen molar-refractivity contribution in [3.8, 4) is 5.75 Å². The summed E-state index contributed by atoms with van der Waals surface area (Å²) in [5.41, 5.74) is 2.27. The Morgan fingerprint density at radius 2 is 2.05 bits per heavy atom. The van der Waals surface area contributed by atoms with E-state index in [4.69, 9.17) is 4.74 Å². The lowest BCUT2D eigenvalue weighted by molar-refractivity contribution is 0.288. The second-order valence-electron chi connectivity index (χ2n) is 4.44. The van der Waals surface area contributed by atoms with Crippen molar-refractivity contribution in [1.29, 1.82) is 0 Å². The Balaban J connectivity index is 1.82. The van der Waals surface area contributed by atoms with Crippen LogP contribution in [-0.4, -0.2) is 23.6 Å². The fourth-order valence-corrected chi connectivity index (χ4v) is 2.15. The second-order valence-corrected chi connectivity index (χ2v) is 4.44. The summed E-state index contributed by atoms with van der Waals surface area (Å²) < 4.78 is 5.60. The third kappa shape index (κ3) is 2.59. The monoisotopic (exact) mass is 256 g/mol. The van der Waals surface area contributed by atoms with E-state index >= 15 is 0 Å². The molecule has 1 aromatic heterocycles. The molecule has 3 rings (SSSR count). The van der Waals surface area contributed by atoms with E-state index in [1.807, 2.05) is 25.2 Å². The average Bonchev–Trinajstić information content (AvgIpc) is 2.47. The summed E-state index contributed by atoms with van der Waals surface area (Å²) >= 11 is 0. The quantitative estimate of drug-likeness (QED) is 0.884. The van der Waals surface area contributed by atoms with Crippen LogP contribution < -0.4 is 15.4 Å². The Hall–Kier alpha value is -2.30. The van der Waals surface area contributed by atoms with Crippen LogP contribution in [0, 0.1) is 0 Å². The Morgan fingerprint density at radius 1 is 1.16 bits per heavy atom. The van der Waals surface area contributed by atoms with Gasteiger partial charge in [0, 0.05) is 18.8 Å². The van der Waals surface area contributed by atoms with Crippen molar-refractivity contribution in [2.24, 2.45) is 0 Å². The van der Waals surface area contributed by atoms with Crippen LogP contribution in [0.2, 0.25) is 0 Å². The SMILES string of the molecule is CNc1cc(Nc2ccc3c(c2)CCCO3)ncn1. The first-order valence-electron chi connectivity index (χ1n) is 6.38. The van der Waals surface area contributed by atoms with Gasteiger partial charge in [-0.15, -0.1) is 0 Å². The lowest BCUT2D eigenvalue weighted by Gasteiger charge is -2.18. The highest BCUT2D eigenvalue weighted by atomic mass is 16.5. The topological polar surface area (TPSA) is 59.1 Å². The zero-order valence-corrected chi connectivity index (χ0v) is 10.8. The maximum absolute atomic E-state index is 5.60. The number of nitrogens with one attached hydrogen (secondary N) is 2. The molecule has 0 aliphatic carbocycles. The Morgan fingerprint density at radius 3 is 2.95 bits per heavy atom. The van der Waals surface area contributed by atoms with Crippen molar-refractivity contribution >= 4 is 17.3 Å². The molecular formula is C14H16N4O. The highest BCUT2D eigenvalue weighted by Gasteiger charge is 2.10. The first kappa shape index (κ1) is 11.8. The fourth-order valence-electron chi connectivity index (χ4n) is 2.15. The highest BCUT2D eigenvalue weighted by Crippen LogP contribution is 2.28. The minimum atomic E-state index is 0.774. The number of fused-ring (bicyclic) bond motifs is 1. The zero-order valence-electron chi connectivity index (χ0n) is 10.8. The molecule has 5 nitrogen and oxygen atoms in total. The van der Waals surface area contributed by atoms with Crippen LogP contribution in [0.1, 0.15) is 12.0 Å². The summed E-state index contributed by atoms with van der Waals surface area (Å²) in [5, 5.41) is 6.27. The van der Waals surface area contributed by atoms with E-state index in [1.54, 1.807) is 0 Å². The van der Waals surface area contributed by atoms with E-state index in [9.17, 15) is 0 Å². The van der Waals surface area contributed by atoms with E-state index in [-0.39, 0.29) is 0 Å². The third-order valence-electron chi connectivity index (χ3n) is 3.10. The highest BCUT2D eigenvalue weighted by molar-refractivity contribution is 5.61. The van der Waals surface area contributed by atoms with Gasteiger partial charge in [0.2, 0.25) is 0 Å².